The molecule has 128 valence electrons. The minimum atomic E-state index is -4.36. The molecule has 0 spiro atoms. The van der Waals surface area contributed by atoms with Gasteiger partial charge in [0.25, 0.3) is 7.82 Å². The van der Waals surface area contributed by atoms with E-state index in [-0.39, 0.29) is 19.8 Å². The van der Waals surface area contributed by atoms with Crippen molar-refractivity contribution in [2.75, 3.05) is 54.1 Å². The SMILES string of the molecule is CCCCCOC[C@@H](O)COP(=O)([O-])OCC[N+](C)(C)C. The number of rotatable bonds is 13. The van der Waals surface area contributed by atoms with Gasteiger partial charge in [-0.1, -0.05) is 19.8 Å². The van der Waals surface area contributed by atoms with Gasteiger partial charge in [-0.2, -0.15) is 0 Å². The van der Waals surface area contributed by atoms with E-state index in [0.717, 1.165) is 19.3 Å². The van der Waals surface area contributed by atoms with Crippen molar-refractivity contribution >= 4 is 7.82 Å². The average molecular weight is 327 g/mol. The highest BCUT2D eigenvalue weighted by Gasteiger charge is 2.15. The molecule has 2 atom stereocenters. The lowest BCUT2D eigenvalue weighted by atomic mass is 10.3. The van der Waals surface area contributed by atoms with Gasteiger partial charge >= 0.3 is 0 Å². The van der Waals surface area contributed by atoms with Crippen molar-refractivity contribution < 1.29 is 32.8 Å². The number of unbranched alkanes of at least 4 members (excludes halogenated alkanes) is 2. The number of hydrogen-bond donors (Lipinski definition) is 1. The standard InChI is InChI=1S/C13H30NO6P/c1-5-6-7-9-18-11-13(15)12-20-21(16,17)19-10-8-14(2,3)4/h13,15H,5-12H2,1-4H3/t13-/m1/s1. The molecule has 0 aliphatic carbocycles. The van der Waals surface area contributed by atoms with Crippen LogP contribution in [0.1, 0.15) is 26.2 Å². The Morgan fingerprint density at radius 1 is 1.14 bits per heavy atom. The fourth-order valence-electron chi connectivity index (χ4n) is 1.36. The monoisotopic (exact) mass is 327 g/mol. The predicted molar refractivity (Wildman–Crippen MR) is 78.8 cm³/mol. The molecule has 0 bridgehead atoms. The third-order valence-corrected chi connectivity index (χ3v) is 3.60. The summed E-state index contributed by atoms with van der Waals surface area (Å²) in [5, 5.41) is 9.56. The van der Waals surface area contributed by atoms with Crippen LogP contribution < -0.4 is 4.89 Å². The van der Waals surface area contributed by atoms with Gasteiger partial charge in [-0.05, 0) is 6.42 Å². The molecule has 8 heteroatoms. The van der Waals surface area contributed by atoms with Crippen LogP contribution in [0.2, 0.25) is 0 Å². The van der Waals surface area contributed by atoms with Crippen LogP contribution in [0.3, 0.4) is 0 Å². The van der Waals surface area contributed by atoms with Gasteiger partial charge in [-0.3, -0.25) is 4.57 Å². The van der Waals surface area contributed by atoms with Crippen molar-refractivity contribution in [2.24, 2.45) is 0 Å². The maximum atomic E-state index is 11.5. The summed E-state index contributed by atoms with van der Waals surface area (Å²) in [5.41, 5.74) is 0. The fourth-order valence-corrected chi connectivity index (χ4v) is 2.10. The maximum absolute atomic E-state index is 11.5. The molecule has 0 saturated heterocycles. The lowest BCUT2D eigenvalue weighted by Crippen LogP contribution is -2.37. The molecule has 0 aliphatic rings. The molecule has 0 amide bonds. The third kappa shape index (κ3) is 14.7. The largest absolute Gasteiger partial charge is 0.756 e. The highest BCUT2D eigenvalue weighted by molar-refractivity contribution is 7.45. The molecule has 0 aliphatic heterocycles. The predicted octanol–water partition coefficient (Wildman–Crippen LogP) is 0.762. The van der Waals surface area contributed by atoms with Gasteiger partial charge in [0.2, 0.25) is 0 Å². The van der Waals surface area contributed by atoms with Crippen LogP contribution in [0, 0.1) is 0 Å². The first-order valence-corrected chi connectivity index (χ1v) is 8.79. The highest BCUT2D eigenvalue weighted by atomic mass is 31.2. The number of quaternary nitrogens is 1. The van der Waals surface area contributed by atoms with E-state index in [1.165, 1.54) is 0 Å². The Morgan fingerprint density at radius 2 is 1.81 bits per heavy atom. The molecule has 21 heavy (non-hydrogen) atoms. The van der Waals surface area contributed by atoms with Crippen molar-refractivity contribution in [3.63, 3.8) is 0 Å². The number of aliphatic hydroxyl groups is 1. The van der Waals surface area contributed by atoms with Crippen LogP contribution >= 0.6 is 7.82 Å². The summed E-state index contributed by atoms with van der Waals surface area (Å²) in [7, 11) is 1.43. The van der Waals surface area contributed by atoms with Crippen molar-refractivity contribution in [3.8, 4) is 0 Å². The van der Waals surface area contributed by atoms with Crippen molar-refractivity contribution in [2.45, 2.75) is 32.3 Å². The van der Waals surface area contributed by atoms with E-state index in [1.54, 1.807) is 0 Å². The summed E-state index contributed by atoms with van der Waals surface area (Å²) in [4.78, 5) is 11.5. The molecule has 0 aromatic heterocycles. The minimum Gasteiger partial charge on any atom is -0.756 e. The van der Waals surface area contributed by atoms with E-state index < -0.39 is 13.9 Å². The molecule has 0 fully saturated rings. The van der Waals surface area contributed by atoms with E-state index in [2.05, 4.69) is 11.4 Å². The van der Waals surface area contributed by atoms with Crippen molar-refractivity contribution in [1.82, 2.24) is 0 Å². The molecule has 0 saturated carbocycles. The normalized spacial score (nSPS) is 16.7. The van der Waals surface area contributed by atoms with Gasteiger partial charge in [0.1, 0.15) is 19.3 Å². The van der Waals surface area contributed by atoms with E-state index in [9.17, 15) is 14.6 Å². The molecule has 0 heterocycles. The summed E-state index contributed by atoms with van der Waals surface area (Å²) in [6.45, 7) is 2.95. The number of aliphatic hydroxyl groups excluding tert-OH is 1. The van der Waals surface area contributed by atoms with E-state index >= 15 is 0 Å². The zero-order valence-electron chi connectivity index (χ0n) is 13.6. The molecule has 0 aromatic rings. The minimum absolute atomic E-state index is 0.0495. The Balaban J connectivity index is 3.73. The summed E-state index contributed by atoms with van der Waals surface area (Å²) in [6.07, 6.45) is 2.12. The number of nitrogens with zero attached hydrogens (tertiary/aromatic N) is 1. The zero-order valence-corrected chi connectivity index (χ0v) is 14.5. The Bertz CT molecular complexity index is 308. The summed E-state index contributed by atoms with van der Waals surface area (Å²) in [5.74, 6) is 0. The van der Waals surface area contributed by atoms with Gasteiger partial charge < -0.3 is 28.3 Å². The first kappa shape index (κ1) is 21.0. The van der Waals surface area contributed by atoms with Crippen LogP contribution in [0.25, 0.3) is 0 Å². The molecule has 0 radical (unpaired) electrons. The zero-order chi connectivity index (χ0) is 16.4. The third-order valence-electron chi connectivity index (χ3n) is 2.64. The molecule has 1 unspecified atom stereocenters. The summed E-state index contributed by atoms with van der Waals surface area (Å²) < 4.78 is 26.6. The second-order valence-corrected chi connectivity index (χ2v) is 7.44. The van der Waals surface area contributed by atoms with E-state index in [1.807, 2.05) is 21.1 Å². The number of ether oxygens (including phenoxy) is 1. The summed E-state index contributed by atoms with van der Waals surface area (Å²) >= 11 is 0. The van der Waals surface area contributed by atoms with Gasteiger partial charge in [-0.15, -0.1) is 0 Å². The van der Waals surface area contributed by atoms with Crippen LogP contribution in [0.15, 0.2) is 0 Å². The van der Waals surface area contributed by atoms with Gasteiger partial charge in [0.15, 0.2) is 0 Å². The second kappa shape index (κ2) is 10.7. The molecular formula is C13H30NO6P. The Morgan fingerprint density at radius 3 is 2.38 bits per heavy atom. The lowest BCUT2D eigenvalue weighted by Gasteiger charge is -2.27. The summed E-state index contributed by atoms with van der Waals surface area (Å²) in [6, 6.07) is 0. The first-order valence-electron chi connectivity index (χ1n) is 7.32. The molecular weight excluding hydrogens is 297 g/mol. The number of hydrogen-bond acceptors (Lipinski definition) is 6. The topological polar surface area (TPSA) is 88.0 Å². The molecule has 7 nitrogen and oxygen atoms in total. The lowest BCUT2D eigenvalue weighted by molar-refractivity contribution is -0.870. The van der Waals surface area contributed by atoms with Gasteiger partial charge in [0.05, 0.1) is 34.4 Å². The van der Waals surface area contributed by atoms with Gasteiger partial charge in [0, 0.05) is 6.61 Å². The fraction of sp³-hybridized carbons (Fsp3) is 1.00. The number of phosphoric ester groups is 1. The van der Waals surface area contributed by atoms with Crippen LogP contribution in [-0.2, 0) is 18.3 Å². The smallest absolute Gasteiger partial charge is 0.268 e. The Labute approximate surface area is 128 Å². The van der Waals surface area contributed by atoms with Crippen LogP contribution in [0.5, 0.6) is 0 Å². The highest BCUT2D eigenvalue weighted by Crippen LogP contribution is 2.38. The molecule has 1 N–H and O–H groups in total. The van der Waals surface area contributed by atoms with Crippen LogP contribution in [0.4, 0.5) is 0 Å². The van der Waals surface area contributed by atoms with Crippen molar-refractivity contribution in [3.05, 3.63) is 0 Å². The Hall–Kier alpha value is -0.0100. The average Bonchev–Trinajstić information content (AvgIpc) is 2.34. The Kier molecular flexibility index (Phi) is 10.7. The number of phosphoric acid groups is 1. The quantitative estimate of drug-likeness (QED) is 0.305. The maximum Gasteiger partial charge on any atom is 0.268 e. The molecule has 0 rings (SSSR count). The van der Waals surface area contributed by atoms with Gasteiger partial charge in [-0.25, -0.2) is 0 Å². The first-order chi connectivity index (χ1) is 9.66. The van der Waals surface area contributed by atoms with Crippen molar-refractivity contribution in [1.29, 1.82) is 0 Å². The number of likely N-dealkylation sites (N-methyl/N-ethyl adjacent to an activating group) is 1. The van der Waals surface area contributed by atoms with Crippen LogP contribution in [-0.4, -0.2) is 69.8 Å². The van der Waals surface area contributed by atoms with E-state index in [0.29, 0.717) is 17.6 Å². The molecule has 0 aromatic carbocycles. The van der Waals surface area contributed by atoms with E-state index in [4.69, 9.17) is 9.26 Å². The second-order valence-electron chi connectivity index (χ2n) is 6.03.